The first-order valence-electron chi connectivity index (χ1n) is 8.72. The molecule has 2 heterocycles. The van der Waals surface area contributed by atoms with E-state index in [-0.39, 0.29) is 12.2 Å². The van der Waals surface area contributed by atoms with Crippen molar-refractivity contribution < 1.29 is 9.53 Å². The van der Waals surface area contributed by atoms with E-state index in [9.17, 15) is 4.79 Å². The molecule has 28 heavy (non-hydrogen) atoms. The normalized spacial score (nSPS) is 10.7. The summed E-state index contributed by atoms with van der Waals surface area (Å²) in [5, 5.41) is 21.1. The number of benzene rings is 2. The van der Waals surface area contributed by atoms with Gasteiger partial charge < -0.3 is 4.74 Å². The first-order valence-corrected chi connectivity index (χ1v) is 8.72. The van der Waals surface area contributed by atoms with Crippen molar-refractivity contribution in [2.24, 2.45) is 0 Å². The first kappa shape index (κ1) is 17.5. The highest BCUT2D eigenvalue weighted by Crippen LogP contribution is 2.26. The lowest BCUT2D eigenvalue weighted by Gasteiger charge is -2.02. The quantitative estimate of drug-likeness (QED) is 0.525. The number of nitrogens with one attached hydrogen (secondary N) is 1. The third kappa shape index (κ3) is 3.35. The highest BCUT2D eigenvalue weighted by Gasteiger charge is 2.17. The molecule has 2 aromatic heterocycles. The molecule has 0 fully saturated rings. The van der Waals surface area contributed by atoms with Gasteiger partial charge in [-0.05, 0) is 29.3 Å². The minimum Gasteiger partial charge on any atom is -0.494 e. The van der Waals surface area contributed by atoms with Gasteiger partial charge in [0.1, 0.15) is 17.0 Å². The predicted molar refractivity (Wildman–Crippen MR) is 103 cm³/mol. The van der Waals surface area contributed by atoms with Crippen LogP contribution >= 0.6 is 0 Å². The van der Waals surface area contributed by atoms with Crippen molar-refractivity contribution in [2.75, 3.05) is 7.11 Å². The molecule has 0 aliphatic carbocycles. The Morgan fingerprint density at radius 1 is 1.25 bits per heavy atom. The summed E-state index contributed by atoms with van der Waals surface area (Å²) in [6.45, 7) is 0.534. The maximum atomic E-state index is 12.7. The molecule has 1 N–H and O–H groups in total. The Bertz CT molecular complexity index is 1200. The first-order chi connectivity index (χ1) is 13.7. The lowest BCUT2D eigenvalue weighted by atomic mass is 10.1. The fourth-order valence-electron chi connectivity index (χ4n) is 3.18. The number of carbonyl (C=O) groups excluding carboxylic acids is 1. The van der Waals surface area contributed by atoms with Crippen LogP contribution in [0.4, 0.5) is 0 Å². The molecule has 0 unspecified atom stereocenters. The Kier molecular flexibility index (Phi) is 4.60. The number of carbonyl (C=O) groups is 1. The molecule has 4 rings (SSSR count). The third-order valence-corrected chi connectivity index (χ3v) is 4.50. The van der Waals surface area contributed by atoms with Gasteiger partial charge in [-0.25, -0.2) is 0 Å². The molecular weight excluding hydrogens is 354 g/mol. The van der Waals surface area contributed by atoms with Gasteiger partial charge in [0, 0.05) is 18.0 Å². The van der Waals surface area contributed by atoms with Crippen LogP contribution in [0, 0.1) is 11.3 Å². The van der Waals surface area contributed by atoms with Crippen LogP contribution in [0.2, 0.25) is 0 Å². The SMILES string of the molecule is COc1cccc2c(C(=O)Cc3cnn(Cc4cccc(C#N)c4)c3)n[nH]c12. The summed E-state index contributed by atoms with van der Waals surface area (Å²) in [7, 11) is 1.58. The number of H-pyrrole nitrogens is 1. The molecule has 0 bridgehead atoms. The van der Waals surface area contributed by atoms with E-state index >= 15 is 0 Å². The van der Waals surface area contributed by atoms with Crippen molar-refractivity contribution in [2.45, 2.75) is 13.0 Å². The van der Waals surface area contributed by atoms with Gasteiger partial charge in [0.15, 0.2) is 5.78 Å². The van der Waals surface area contributed by atoms with Crippen molar-refractivity contribution in [1.82, 2.24) is 20.0 Å². The zero-order chi connectivity index (χ0) is 19.5. The molecule has 0 radical (unpaired) electrons. The number of fused-ring (bicyclic) bond motifs is 1. The maximum absolute atomic E-state index is 12.7. The Morgan fingerprint density at radius 2 is 2.11 bits per heavy atom. The summed E-state index contributed by atoms with van der Waals surface area (Å²) in [6, 6.07) is 15.0. The number of methoxy groups -OCH3 is 1. The monoisotopic (exact) mass is 371 g/mol. The zero-order valence-corrected chi connectivity index (χ0v) is 15.2. The molecular formula is C21H17N5O2. The van der Waals surface area contributed by atoms with Gasteiger partial charge in [-0.3, -0.25) is 14.6 Å². The van der Waals surface area contributed by atoms with Gasteiger partial charge in [0.2, 0.25) is 0 Å². The molecule has 0 aliphatic rings. The van der Waals surface area contributed by atoms with E-state index in [1.54, 1.807) is 24.1 Å². The van der Waals surface area contributed by atoms with Gasteiger partial charge in [-0.2, -0.15) is 15.5 Å². The number of ether oxygens (including phenoxy) is 1. The Balaban J connectivity index is 1.51. The Labute approximate surface area is 161 Å². The molecule has 0 atom stereocenters. The Hall–Kier alpha value is -3.92. The molecule has 0 saturated heterocycles. The average molecular weight is 371 g/mol. The number of aromatic amines is 1. The van der Waals surface area contributed by atoms with Gasteiger partial charge >= 0.3 is 0 Å². The van der Waals surface area contributed by atoms with Crippen LogP contribution < -0.4 is 4.74 Å². The molecule has 7 nitrogen and oxygen atoms in total. The van der Waals surface area contributed by atoms with E-state index in [0.29, 0.717) is 29.1 Å². The molecule has 0 aliphatic heterocycles. The lowest BCUT2D eigenvalue weighted by Crippen LogP contribution is -2.04. The second kappa shape index (κ2) is 7.37. The fourth-order valence-corrected chi connectivity index (χ4v) is 3.18. The number of ketones is 1. The Morgan fingerprint density at radius 3 is 2.93 bits per heavy atom. The number of Topliss-reactive ketones (excluding diaryl/α,β-unsaturated/α-hetero) is 1. The smallest absolute Gasteiger partial charge is 0.188 e. The van der Waals surface area contributed by atoms with E-state index in [0.717, 1.165) is 16.5 Å². The maximum Gasteiger partial charge on any atom is 0.188 e. The lowest BCUT2D eigenvalue weighted by molar-refractivity contribution is 0.0989. The number of aromatic nitrogens is 4. The largest absolute Gasteiger partial charge is 0.494 e. The molecule has 2 aromatic carbocycles. The van der Waals surface area contributed by atoms with Crippen LogP contribution in [0.3, 0.4) is 0 Å². The van der Waals surface area contributed by atoms with Gasteiger partial charge in [0.25, 0.3) is 0 Å². The highest BCUT2D eigenvalue weighted by atomic mass is 16.5. The van der Waals surface area contributed by atoms with Crippen LogP contribution in [0.5, 0.6) is 5.75 Å². The molecule has 0 spiro atoms. The van der Waals surface area contributed by atoms with E-state index in [1.165, 1.54) is 0 Å². The number of para-hydroxylation sites is 1. The second-order valence-corrected chi connectivity index (χ2v) is 6.41. The number of nitrogens with zero attached hydrogens (tertiary/aromatic N) is 4. The van der Waals surface area contributed by atoms with Crippen LogP contribution in [-0.4, -0.2) is 32.9 Å². The number of rotatable bonds is 6. The van der Waals surface area contributed by atoms with E-state index in [4.69, 9.17) is 10.00 Å². The van der Waals surface area contributed by atoms with E-state index < -0.39 is 0 Å². The highest BCUT2D eigenvalue weighted by molar-refractivity contribution is 6.07. The molecule has 138 valence electrons. The number of hydrogen-bond acceptors (Lipinski definition) is 5. The van der Waals surface area contributed by atoms with Crippen molar-refractivity contribution in [3.05, 3.63) is 77.2 Å². The minimum atomic E-state index is -0.0921. The standard InChI is InChI=1S/C21H17N5O2/c1-28-19-7-3-6-17-20(24-25-21(17)19)18(27)9-16-11-23-26(13-16)12-15-5-2-4-14(8-15)10-22/h2-8,11,13H,9,12H2,1H3,(H,24,25). The van der Waals surface area contributed by atoms with Gasteiger partial charge in [0.05, 0.1) is 31.5 Å². The van der Waals surface area contributed by atoms with Crippen LogP contribution in [0.25, 0.3) is 10.9 Å². The van der Waals surface area contributed by atoms with E-state index in [1.807, 2.05) is 42.6 Å². The van der Waals surface area contributed by atoms with Crippen LogP contribution in [-0.2, 0) is 13.0 Å². The summed E-state index contributed by atoms with van der Waals surface area (Å²) in [5.74, 6) is 0.557. The van der Waals surface area contributed by atoms with Crippen molar-refractivity contribution in [1.29, 1.82) is 5.26 Å². The molecule has 4 aromatic rings. The van der Waals surface area contributed by atoms with Crippen molar-refractivity contribution >= 4 is 16.7 Å². The van der Waals surface area contributed by atoms with E-state index in [2.05, 4.69) is 21.4 Å². The topological polar surface area (TPSA) is 96.6 Å². The van der Waals surface area contributed by atoms with Gasteiger partial charge in [-0.1, -0.05) is 24.3 Å². The summed E-state index contributed by atoms with van der Waals surface area (Å²) >= 11 is 0. The van der Waals surface area contributed by atoms with Crippen LogP contribution in [0.1, 0.15) is 27.2 Å². The second-order valence-electron chi connectivity index (χ2n) is 6.41. The number of hydrogen-bond donors (Lipinski definition) is 1. The summed E-state index contributed by atoms with van der Waals surface area (Å²) in [6.07, 6.45) is 3.73. The van der Waals surface area contributed by atoms with Gasteiger partial charge in [-0.15, -0.1) is 0 Å². The van der Waals surface area contributed by atoms with Crippen molar-refractivity contribution in [3.8, 4) is 11.8 Å². The third-order valence-electron chi connectivity index (χ3n) is 4.50. The average Bonchev–Trinajstić information content (AvgIpc) is 3.34. The summed E-state index contributed by atoms with van der Waals surface area (Å²) in [4.78, 5) is 12.7. The molecule has 7 heteroatoms. The molecule has 0 saturated carbocycles. The van der Waals surface area contributed by atoms with Crippen LogP contribution in [0.15, 0.2) is 54.9 Å². The predicted octanol–water partition coefficient (Wildman–Crippen LogP) is 3.11. The number of nitriles is 1. The van der Waals surface area contributed by atoms with Crippen molar-refractivity contribution in [3.63, 3.8) is 0 Å². The molecule has 0 amide bonds. The summed E-state index contributed by atoms with van der Waals surface area (Å²) < 4.78 is 7.05. The summed E-state index contributed by atoms with van der Waals surface area (Å²) in [5.41, 5.74) is 3.50. The zero-order valence-electron chi connectivity index (χ0n) is 15.2. The minimum absolute atomic E-state index is 0.0921. The fraction of sp³-hybridized carbons (Fsp3) is 0.143.